The van der Waals surface area contributed by atoms with Gasteiger partial charge in [0.15, 0.2) is 11.5 Å². The van der Waals surface area contributed by atoms with Gasteiger partial charge in [-0.05, 0) is 51.3 Å². The van der Waals surface area contributed by atoms with E-state index >= 15 is 0 Å². The molecule has 0 fully saturated rings. The molecule has 0 saturated heterocycles. The highest BCUT2D eigenvalue weighted by molar-refractivity contribution is 5.44. The van der Waals surface area contributed by atoms with Crippen molar-refractivity contribution < 1.29 is 13.9 Å². The molecule has 0 aromatic heterocycles. The Kier molecular flexibility index (Phi) is 5.92. The van der Waals surface area contributed by atoms with Gasteiger partial charge in [0.05, 0.1) is 13.2 Å². The largest absolute Gasteiger partial charge is 0.493 e. The molecule has 0 unspecified atom stereocenters. The van der Waals surface area contributed by atoms with E-state index in [1.807, 2.05) is 13.8 Å². The molecule has 0 aliphatic rings. The van der Waals surface area contributed by atoms with E-state index in [0.717, 1.165) is 12.8 Å². The highest BCUT2D eigenvalue weighted by Crippen LogP contribution is 2.31. The Morgan fingerprint density at radius 3 is 2.50 bits per heavy atom. The number of rotatable bonds is 7. The molecule has 2 N–H and O–H groups in total. The van der Waals surface area contributed by atoms with Gasteiger partial charge >= 0.3 is 0 Å². The number of nitrogens with two attached hydrogens (primary N) is 1. The molecule has 1 rings (SSSR count). The van der Waals surface area contributed by atoms with E-state index in [1.165, 1.54) is 6.07 Å². The smallest absolute Gasteiger partial charge is 0.164 e. The molecule has 0 bridgehead atoms. The zero-order valence-corrected chi connectivity index (χ0v) is 11.3. The van der Waals surface area contributed by atoms with Crippen molar-refractivity contribution in [3.05, 3.63) is 23.5 Å². The van der Waals surface area contributed by atoms with E-state index in [1.54, 1.807) is 13.2 Å². The minimum atomic E-state index is -0.247. The highest BCUT2D eigenvalue weighted by Gasteiger charge is 2.12. The Hall–Kier alpha value is -1.29. The molecule has 0 radical (unpaired) electrons. The fourth-order valence-electron chi connectivity index (χ4n) is 1.73. The summed E-state index contributed by atoms with van der Waals surface area (Å²) in [7, 11) is 1.56. The van der Waals surface area contributed by atoms with Crippen molar-refractivity contribution in [2.75, 3.05) is 13.7 Å². The van der Waals surface area contributed by atoms with Crippen LogP contribution < -0.4 is 15.2 Å². The number of hydrogen-bond acceptors (Lipinski definition) is 3. The van der Waals surface area contributed by atoms with Crippen LogP contribution in [0.1, 0.15) is 32.3 Å². The molecular formula is C14H22FNO2. The van der Waals surface area contributed by atoms with Gasteiger partial charge in [-0.15, -0.1) is 0 Å². The van der Waals surface area contributed by atoms with Crippen molar-refractivity contribution in [3.63, 3.8) is 0 Å². The first-order chi connectivity index (χ1) is 8.58. The Balaban J connectivity index is 2.87. The van der Waals surface area contributed by atoms with Crippen LogP contribution in [0.5, 0.6) is 11.5 Å². The molecule has 1 aromatic rings. The fourth-order valence-corrected chi connectivity index (χ4v) is 1.73. The predicted molar refractivity (Wildman–Crippen MR) is 70.7 cm³/mol. The molecule has 102 valence electrons. The average molecular weight is 255 g/mol. The Bertz CT molecular complexity index is 380. The molecule has 0 atom stereocenters. The summed E-state index contributed by atoms with van der Waals surface area (Å²) in [6.07, 6.45) is 2.43. The number of aryl methyl sites for hydroxylation is 1. The van der Waals surface area contributed by atoms with E-state index in [2.05, 4.69) is 0 Å². The van der Waals surface area contributed by atoms with Gasteiger partial charge in [-0.1, -0.05) is 0 Å². The number of benzene rings is 1. The van der Waals surface area contributed by atoms with Crippen molar-refractivity contribution in [1.82, 2.24) is 0 Å². The van der Waals surface area contributed by atoms with Crippen LogP contribution in [0.25, 0.3) is 0 Å². The maximum atomic E-state index is 13.9. The van der Waals surface area contributed by atoms with Gasteiger partial charge in [-0.25, -0.2) is 4.39 Å². The van der Waals surface area contributed by atoms with Crippen molar-refractivity contribution in [1.29, 1.82) is 0 Å². The third-order valence-corrected chi connectivity index (χ3v) is 2.60. The van der Waals surface area contributed by atoms with Gasteiger partial charge in [-0.3, -0.25) is 0 Å². The fraction of sp³-hybridized carbons (Fsp3) is 0.571. The van der Waals surface area contributed by atoms with Crippen molar-refractivity contribution in [2.45, 2.75) is 39.2 Å². The van der Waals surface area contributed by atoms with E-state index in [4.69, 9.17) is 15.2 Å². The van der Waals surface area contributed by atoms with Gasteiger partial charge in [0.2, 0.25) is 0 Å². The third-order valence-electron chi connectivity index (χ3n) is 2.60. The average Bonchev–Trinajstić information content (AvgIpc) is 2.31. The zero-order valence-electron chi connectivity index (χ0n) is 11.3. The number of unbranched alkanes of at least 4 members (excludes halogenated alkanes) is 1. The highest BCUT2D eigenvalue weighted by atomic mass is 19.1. The SMILES string of the molecule is COc1cc(CCCCN)c(F)cc1OC(C)C. The van der Waals surface area contributed by atoms with Gasteiger partial charge in [0.25, 0.3) is 0 Å². The molecule has 18 heavy (non-hydrogen) atoms. The lowest BCUT2D eigenvalue weighted by atomic mass is 10.1. The maximum Gasteiger partial charge on any atom is 0.164 e. The summed E-state index contributed by atoms with van der Waals surface area (Å²) in [5.41, 5.74) is 6.08. The maximum absolute atomic E-state index is 13.9. The molecule has 0 saturated carbocycles. The second-order valence-corrected chi connectivity index (χ2v) is 4.51. The van der Waals surface area contributed by atoms with Crippen molar-refractivity contribution in [3.8, 4) is 11.5 Å². The number of halogens is 1. The summed E-state index contributed by atoms with van der Waals surface area (Å²) in [6.45, 7) is 4.42. The Morgan fingerprint density at radius 1 is 1.22 bits per heavy atom. The lowest BCUT2D eigenvalue weighted by Crippen LogP contribution is -2.08. The number of ether oxygens (including phenoxy) is 2. The Morgan fingerprint density at radius 2 is 1.94 bits per heavy atom. The molecule has 0 aliphatic heterocycles. The molecule has 0 spiro atoms. The summed E-state index contributed by atoms with van der Waals surface area (Å²) in [5, 5.41) is 0. The minimum absolute atomic E-state index is 0.0126. The van der Waals surface area contributed by atoms with Crippen LogP contribution in [0, 0.1) is 5.82 Å². The van der Waals surface area contributed by atoms with Crippen LogP contribution in [0.2, 0.25) is 0 Å². The number of methoxy groups -OCH3 is 1. The predicted octanol–water partition coefficient (Wildman–Crippen LogP) is 2.90. The van der Waals surface area contributed by atoms with Gasteiger partial charge in [0, 0.05) is 6.07 Å². The quantitative estimate of drug-likeness (QED) is 0.762. The van der Waals surface area contributed by atoms with Crippen LogP contribution in [0.3, 0.4) is 0 Å². The summed E-state index contributed by atoms with van der Waals surface area (Å²) in [5.74, 6) is 0.781. The molecule has 3 nitrogen and oxygen atoms in total. The van der Waals surface area contributed by atoms with Crippen LogP contribution >= 0.6 is 0 Å². The molecule has 0 amide bonds. The molecular weight excluding hydrogens is 233 g/mol. The van der Waals surface area contributed by atoms with Gasteiger partial charge < -0.3 is 15.2 Å². The van der Waals surface area contributed by atoms with Crippen molar-refractivity contribution in [2.24, 2.45) is 5.73 Å². The summed E-state index contributed by atoms with van der Waals surface area (Å²) in [4.78, 5) is 0. The van der Waals surface area contributed by atoms with Gasteiger partial charge in [-0.2, -0.15) is 0 Å². The molecule has 4 heteroatoms. The summed E-state index contributed by atoms with van der Waals surface area (Å²) in [6, 6.07) is 3.11. The first kappa shape index (κ1) is 14.8. The minimum Gasteiger partial charge on any atom is -0.493 e. The lowest BCUT2D eigenvalue weighted by Gasteiger charge is -2.15. The molecule has 0 aliphatic carbocycles. The molecule has 1 aromatic carbocycles. The first-order valence-electron chi connectivity index (χ1n) is 6.31. The zero-order chi connectivity index (χ0) is 13.5. The van der Waals surface area contributed by atoms with E-state index in [9.17, 15) is 4.39 Å². The standard InChI is InChI=1S/C14H22FNO2/c1-10(2)18-14-9-12(15)11(6-4-5-7-16)8-13(14)17-3/h8-10H,4-7,16H2,1-3H3. The first-order valence-corrected chi connectivity index (χ1v) is 6.31. The van der Waals surface area contributed by atoms with Gasteiger partial charge in [0.1, 0.15) is 5.82 Å². The van der Waals surface area contributed by atoms with E-state index in [-0.39, 0.29) is 11.9 Å². The Labute approximate surface area is 108 Å². The lowest BCUT2D eigenvalue weighted by molar-refractivity contribution is 0.229. The van der Waals surface area contributed by atoms with Crippen LogP contribution in [-0.4, -0.2) is 19.8 Å². The third kappa shape index (κ3) is 4.18. The van der Waals surface area contributed by atoms with Crippen LogP contribution in [0.15, 0.2) is 12.1 Å². The monoisotopic (exact) mass is 255 g/mol. The van der Waals surface area contributed by atoms with E-state index in [0.29, 0.717) is 30.0 Å². The van der Waals surface area contributed by atoms with E-state index < -0.39 is 0 Å². The van der Waals surface area contributed by atoms with Crippen LogP contribution in [0.4, 0.5) is 4.39 Å². The number of hydrogen-bond donors (Lipinski definition) is 1. The second kappa shape index (κ2) is 7.21. The normalized spacial score (nSPS) is 10.8. The summed E-state index contributed by atoms with van der Waals surface area (Å²) < 4.78 is 24.6. The molecule has 0 heterocycles. The topological polar surface area (TPSA) is 44.5 Å². The summed E-state index contributed by atoms with van der Waals surface area (Å²) >= 11 is 0. The van der Waals surface area contributed by atoms with Crippen LogP contribution in [-0.2, 0) is 6.42 Å². The van der Waals surface area contributed by atoms with Crippen molar-refractivity contribution >= 4 is 0 Å². The second-order valence-electron chi connectivity index (χ2n) is 4.51.